The van der Waals surface area contributed by atoms with Crippen LogP contribution in [0.5, 0.6) is 5.88 Å². The van der Waals surface area contributed by atoms with Crippen LogP contribution in [0.15, 0.2) is 42.5 Å². The highest BCUT2D eigenvalue weighted by Crippen LogP contribution is 2.32. The number of benzene rings is 1. The molecule has 1 fully saturated rings. The van der Waals surface area contributed by atoms with Gasteiger partial charge in [0, 0.05) is 23.8 Å². The van der Waals surface area contributed by atoms with Gasteiger partial charge in [-0.2, -0.15) is 0 Å². The van der Waals surface area contributed by atoms with E-state index in [1.807, 2.05) is 17.0 Å². The number of aromatic amines is 1. The third kappa shape index (κ3) is 3.20. The first-order valence-electron chi connectivity index (χ1n) is 8.77. The van der Waals surface area contributed by atoms with Crippen molar-refractivity contribution in [3.05, 3.63) is 48.2 Å². The van der Waals surface area contributed by atoms with E-state index in [-0.39, 0.29) is 12.1 Å². The predicted octanol–water partition coefficient (Wildman–Crippen LogP) is 3.73. The van der Waals surface area contributed by atoms with E-state index in [1.165, 1.54) is 7.11 Å². The number of rotatable bonds is 3. The van der Waals surface area contributed by atoms with Gasteiger partial charge in [-0.05, 0) is 42.8 Å². The molecule has 0 spiro atoms. The Morgan fingerprint density at radius 1 is 1.23 bits per heavy atom. The molecule has 0 radical (unpaired) electrons. The van der Waals surface area contributed by atoms with Crippen LogP contribution < -0.4 is 10.1 Å². The molecule has 0 saturated carbocycles. The molecule has 134 valence electrons. The van der Waals surface area contributed by atoms with Crippen LogP contribution in [0.3, 0.4) is 0 Å². The number of aromatic nitrogens is 3. The first-order valence-corrected chi connectivity index (χ1v) is 8.77. The van der Waals surface area contributed by atoms with E-state index in [0.29, 0.717) is 11.7 Å². The lowest BCUT2D eigenvalue weighted by molar-refractivity contribution is 0.162. The summed E-state index contributed by atoms with van der Waals surface area (Å²) >= 11 is 0. The van der Waals surface area contributed by atoms with Gasteiger partial charge in [0.05, 0.1) is 13.2 Å². The second-order valence-electron chi connectivity index (χ2n) is 6.41. The maximum Gasteiger partial charge on any atom is 0.323 e. The number of H-pyrrole nitrogens is 1. The van der Waals surface area contributed by atoms with Crippen molar-refractivity contribution in [1.82, 2.24) is 20.1 Å². The molecule has 0 bridgehead atoms. The molecule has 3 aromatic rings. The highest BCUT2D eigenvalue weighted by atomic mass is 16.5. The van der Waals surface area contributed by atoms with Gasteiger partial charge in [0.15, 0.2) is 5.82 Å². The molecule has 1 aromatic carbocycles. The zero-order valence-corrected chi connectivity index (χ0v) is 14.6. The highest BCUT2D eigenvalue weighted by molar-refractivity contribution is 5.89. The molecule has 1 saturated heterocycles. The average Bonchev–Trinajstić information content (AvgIpc) is 3.12. The van der Waals surface area contributed by atoms with E-state index in [4.69, 9.17) is 4.74 Å². The second kappa shape index (κ2) is 7.03. The zero-order valence-electron chi connectivity index (χ0n) is 14.6. The summed E-state index contributed by atoms with van der Waals surface area (Å²) in [6, 6.07) is 13.5. The van der Waals surface area contributed by atoms with Gasteiger partial charge in [-0.3, -0.25) is 5.32 Å². The Hall–Kier alpha value is -3.09. The van der Waals surface area contributed by atoms with Gasteiger partial charge in [-0.15, -0.1) is 10.2 Å². The first-order chi connectivity index (χ1) is 12.7. The summed E-state index contributed by atoms with van der Waals surface area (Å²) < 4.78 is 4.99. The van der Waals surface area contributed by atoms with Gasteiger partial charge >= 0.3 is 6.03 Å². The van der Waals surface area contributed by atoms with E-state index in [0.717, 1.165) is 42.4 Å². The number of piperidine rings is 1. The summed E-state index contributed by atoms with van der Waals surface area (Å²) in [6.45, 7) is 0.718. The van der Waals surface area contributed by atoms with Crippen molar-refractivity contribution in [3.63, 3.8) is 0 Å². The molecule has 2 N–H and O–H groups in total. The minimum Gasteiger partial charge on any atom is -0.480 e. The lowest BCUT2D eigenvalue weighted by Crippen LogP contribution is -2.41. The Labute approximate surface area is 151 Å². The van der Waals surface area contributed by atoms with Crippen molar-refractivity contribution in [1.29, 1.82) is 0 Å². The summed E-state index contributed by atoms with van der Waals surface area (Å²) in [7, 11) is 1.53. The number of nitrogens with one attached hydrogen (secondary N) is 2. The molecule has 26 heavy (non-hydrogen) atoms. The first kappa shape index (κ1) is 16.4. The Morgan fingerprint density at radius 2 is 2.12 bits per heavy atom. The smallest absolute Gasteiger partial charge is 0.323 e. The largest absolute Gasteiger partial charge is 0.480 e. The predicted molar refractivity (Wildman–Crippen MR) is 99.2 cm³/mol. The van der Waals surface area contributed by atoms with Crippen LogP contribution in [-0.2, 0) is 0 Å². The Balaban J connectivity index is 1.55. The summed E-state index contributed by atoms with van der Waals surface area (Å²) in [4.78, 5) is 18.2. The van der Waals surface area contributed by atoms with Crippen molar-refractivity contribution < 1.29 is 9.53 Å². The number of carbonyl (C=O) groups excluding carboxylic acids is 1. The fourth-order valence-corrected chi connectivity index (χ4v) is 3.45. The minimum atomic E-state index is -0.159. The van der Waals surface area contributed by atoms with Gasteiger partial charge in [-0.1, -0.05) is 18.2 Å². The van der Waals surface area contributed by atoms with Crippen LogP contribution in [0, 0.1) is 0 Å². The third-order valence-corrected chi connectivity index (χ3v) is 4.76. The maximum atomic E-state index is 12.8. The number of urea groups is 1. The molecule has 2 amide bonds. The molecule has 4 rings (SSSR count). The molecule has 1 atom stereocenters. The van der Waals surface area contributed by atoms with Gasteiger partial charge in [0.2, 0.25) is 5.88 Å². The van der Waals surface area contributed by atoms with E-state index in [2.05, 4.69) is 38.7 Å². The lowest BCUT2D eigenvalue weighted by Gasteiger charge is -2.35. The number of fused-ring (bicyclic) bond motifs is 1. The monoisotopic (exact) mass is 351 g/mol. The number of ether oxygens (including phenoxy) is 1. The third-order valence-electron chi connectivity index (χ3n) is 4.76. The topological polar surface area (TPSA) is 83.1 Å². The fourth-order valence-electron chi connectivity index (χ4n) is 3.45. The van der Waals surface area contributed by atoms with Crippen LogP contribution in [0.25, 0.3) is 10.9 Å². The van der Waals surface area contributed by atoms with Crippen molar-refractivity contribution in [2.75, 3.05) is 19.0 Å². The standard InChI is InChI=1S/C19H21N5O2/c1-26-18-10-9-17(22-23-18)21-19(25)24-11-5-4-8-16(24)15-12-13-6-2-3-7-14(13)20-15/h2-3,6-7,9-10,12,16,20H,4-5,8,11H2,1H3,(H,21,22,25). The molecular weight excluding hydrogens is 330 g/mol. The number of hydrogen-bond acceptors (Lipinski definition) is 4. The van der Waals surface area contributed by atoms with E-state index >= 15 is 0 Å². The molecule has 1 unspecified atom stereocenters. The minimum absolute atomic E-state index is 0.0300. The van der Waals surface area contributed by atoms with Gasteiger partial charge in [0.25, 0.3) is 0 Å². The number of likely N-dealkylation sites (tertiary alicyclic amines) is 1. The van der Waals surface area contributed by atoms with Crippen LogP contribution in [0.1, 0.15) is 31.0 Å². The summed E-state index contributed by atoms with van der Waals surface area (Å²) in [6.07, 6.45) is 3.04. The number of anilines is 1. The van der Waals surface area contributed by atoms with Gasteiger partial charge in [0.1, 0.15) is 0 Å². The van der Waals surface area contributed by atoms with Crippen LogP contribution in [-0.4, -0.2) is 39.8 Å². The van der Waals surface area contributed by atoms with E-state index < -0.39 is 0 Å². The normalized spacial score (nSPS) is 17.3. The summed E-state index contributed by atoms with van der Waals surface area (Å²) in [5, 5.41) is 11.9. The molecule has 2 aromatic heterocycles. The average molecular weight is 351 g/mol. The Bertz CT molecular complexity index is 873. The fraction of sp³-hybridized carbons (Fsp3) is 0.316. The van der Waals surface area contributed by atoms with E-state index in [1.54, 1.807) is 12.1 Å². The van der Waals surface area contributed by atoms with Crippen molar-refractivity contribution in [2.24, 2.45) is 0 Å². The number of hydrogen-bond donors (Lipinski definition) is 2. The lowest BCUT2D eigenvalue weighted by atomic mass is 10.00. The SMILES string of the molecule is COc1ccc(NC(=O)N2CCCCC2c2cc3ccccc3[nH]2)nn1. The van der Waals surface area contributed by atoms with E-state index in [9.17, 15) is 4.79 Å². The molecule has 0 aliphatic carbocycles. The zero-order chi connectivity index (χ0) is 17.9. The van der Waals surface area contributed by atoms with Gasteiger partial charge < -0.3 is 14.6 Å². The second-order valence-corrected chi connectivity index (χ2v) is 6.41. The van der Waals surface area contributed by atoms with Crippen molar-refractivity contribution in [2.45, 2.75) is 25.3 Å². The molecule has 7 nitrogen and oxygen atoms in total. The van der Waals surface area contributed by atoms with Crippen LogP contribution in [0.2, 0.25) is 0 Å². The Morgan fingerprint density at radius 3 is 2.88 bits per heavy atom. The van der Waals surface area contributed by atoms with Gasteiger partial charge in [-0.25, -0.2) is 4.79 Å². The molecular formula is C19H21N5O2. The summed E-state index contributed by atoms with van der Waals surface area (Å²) in [5.41, 5.74) is 2.16. The van der Waals surface area contributed by atoms with Crippen molar-refractivity contribution in [3.8, 4) is 5.88 Å². The molecule has 7 heteroatoms. The molecule has 3 heterocycles. The summed E-state index contributed by atoms with van der Waals surface area (Å²) in [5.74, 6) is 0.827. The van der Waals surface area contributed by atoms with Crippen LogP contribution >= 0.6 is 0 Å². The maximum absolute atomic E-state index is 12.8. The number of para-hydroxylation sites is 1. The van der Waals surface area contributed by atoms with Crippen molar-refractivity contribution >= 4 is 22.8 Å². The number of nitrogens with zero attached hydrogens (tertiary/aromatic N) is 3. The number of amides is 2. The number of carbonyl (C=O) groups is 1. The quantitative estimate of drug-likeness (QED) is 0.753. The molecule has 1 aliphatic rings. The number of methoxy groups -OCH3 is 1. The van der Waals surface area contributed by atoms with Crippen LogP contribution in [0.4, 0.5) is 10.6 Å². The molecule has 1 aliphatic heterocycles. The Kier molecular flexibility index (Phi) is 4.43. The highest BCUT2D eigenvalue weighted by Gasteiger charge is 2.29.